The minimum atomic E-state index is -5.03. The molecule has 1 aliphatic heterocycles. The third-order valence-corrected chi connectivity index (χ3v) is 5.76. The molecule has 2 aromatic carbocycles. The average Bonchev–Trinajstić information content (AvgIpc) is 2.85. The zero-order valence-electron chi connectivity index (χ0n) is 22.4. The molecule has 1 atom stereocenters. The van der Waals surface area contributed by atoms with Crippen LogP contribution in [0.25, 0.3) is 22.1 Å². The molecule has 214 valence electrons. The maximum Gasteiger partial charge on any atom is 0.450 e. The van der Waals surface area contributed by atoms with Crippen molar-refractivity contribution in [1.82, 2.24) is 5.32 Å². The summed E-state index contributed by atoms with van der Waals surface area (Å²) in [6, 6.07) is 6.39. The molecule has 0 spiro atoms. The van der Waals surface area contributed by atoms with E-state index >= 15 is 0 Å². The van der Waals surface area contributed by atoms with Crippen molar-refractivity contribution in [2.24, 2.45) is 5.92 Å². The molecule has 40 heavy (non-hydrogen) atoms. The highest BCUT2D eigenvalue weighted by atomic mass is 19.4. The first-order valence-corrected chi connectivity index (χ1v) is 12.4. The fourth-order valence-corrected chi connectivity index (χ4v) is 4.01. The van der Waals surface area contributed by atoms with Crippen LogP contribution in [-0.2, 0) is 15.7 Å². The lowest BCUT2D eigenvalue weighted by Gasteiger charge is -2.24. The number of alkyl halides is 3. The topological polar surface area (TPSA) is 113 Å². The molecule has 0 saturated heterocycles. The van der Waals surface area contributed by atoms with Gasteiger partial charge in [0.25, 0.3) is 0 Å². The molecule has 4 rings (SSSR count). The van der Waals surface area contributed by atoms with E-state index in [1.165, 1.54) is 30.3 Å². The van der Waals surface area contributed by atoms with Gasteiger partial charge in [-0.25, -0.2) is 9.59 Å². The molecule has 1 amide bonds. The highest BCUT2D eigenvalue weighted by molar-refractivity contribution is 5.87. The van der Waals surface area contributed by atoms with Gasteiger partial charge < -0.3 is 28.7 Å². The number of nitrogens with one attached hydrogen (secondary N) is 1. The van der Waals surface area contributed by atoms with E-state index in [0.29, 0.717) is 12.4 Å². The number of halogens is 3. The average molecular weight is 564 g/mol. The predicted octanol–water partition coefficient (Wildman–Crippen LogP) is 5.70. The normalized spacial score (nSPS) is 14.1. The predicted molar refractivity (Wildman–Crippen MR) is 138 cm³/mol. The van der Waals surface area contributed by atoms with Gasteiger partial charge in [-0.3, -0.25) is 4.79 Å². The lowest BCUT2D eigenvalue weighted by atomic mass is 10.0. The van der Waals surface area contributed by atoms with Gasteiger partial charge in [-0.15, -0.1) is 0 Å². The van der Waals surface area contributed by atoms with Crippen LogP contribution in [0.5, 0.6) is 17.2 Å². The molecule has 1 aromatic heterocycles. The van der Waals surface area contributed by atoms with E-state index < -0.39 is 58.1 Å². The number of carbonyl (C=O) groups is 2. The number of carbonyl (C=O) groups excluding carboxylic acids is 2. The maximum atomic E-state index is 14.1. The Morgan fingerprint density at radius 3 is 2.27 bits per heavy atom. The van der Waals surface area contributed by atoms with Gasteiger partial charge in [-0.1, -0.05) is 19.9 Å². The van der Waals surface area contributed by atoms with Crippen molar-refractivity contribution in [3.8, 4) is 28.4 Å². The molecule has 1 aliphatic rings. The number of benzene rings is 2. The van der Waals surface area contributed by atoms with Gasteiger partial charge in [-0.05, 0) is 56.5 Å². The van der Waals surface area contributed by atoms with Crippen molar-refractivity contribution in [2.45, 2.75) is 52.4 Å². The Bertz CT molecular complexity index is 1500. The van der Waals surface area contributed by atoms with E-state index in [9.17, 15) is 27.6 Å². The number of ether oxygens (including phenoxy) is 4. The number of amides is 1. The van der Waals surface area contributed by atoms with E-state index in [0.717, 1.165) is 6.07 Å². The van der Waals surface area contributed by atoms with Crippen molar-refractivity contribution >= 4 is 23.0 Å². The van der Waals surface area contributed by atoms with E-state index in [2.05, 4.69) is 5.32 Å². The summed E-state index contributed by atoms with van der Waals surface area (Å²) in [6.45, 7) is 8.81. The Morgan fingerprint density at radius 1 is 0.975 bits per heavy atom. The van der Waals surface area contributed by atoms with Crippen LogP contribution >= 0.6 is 0 Å². The molecule has 0 fully saturated rings. The van der Waals surface area contributed by atoms with Crippen LogP contribution in [0.3, 0.4) is 0 Å². The van der Waals surface area contributed by atoms with E-state index in [4.69, 9.17) is 23.4 Å². The molecule has 0 radical (unpaired) electrons. The zero-order valence-corrected chi connectivity index (χ0v) is 22.4. The van der Waals surface area contributed by atoms with Gasteiger partial charge in [-0.2, -0.15) is 13.2 Å². The first-order valence-electron chi connectivity index (χ1n) is 12.4. The molecular weight excluding hydrogens is 535 g/mol. The fourth-order valence-electron chi connectivity index (χ4n) is 4.01. The fraction of sp³-hybridized carbons (Fsp3) is 0.393. The first-order chi connectivity index (χ1) is 18.6. The van der Waals surface area contributed by atoms with Crippen LogP contribution in [-0.4, -0.2) is 36.9 Å². The Morgan fingerprint density at radius 2 is 1.65 bits per heavy atom. The Kier molecular flexibility index (Phi) is 7.73. The molecule has 1 N–H and O–H groups in total. The molecular formula is C28H28F3NO8. The molecule has 3 aromatic rings. The van der Waals surface area contributed by atoms with E-state index in [-0.39, 0.29) is 29.1 Å². The second-order valence-corrected chi connectivity index (χ2v) is 10.4. The third kappa shape index (κ3) is 6.32. The van der Waals surface area contributed by atoms with E-state index in [1.807, 2.05) is 0 Å². The Hall–Kier alpha value is -4.22. The van der Waals surface area contributed by atoms with Gasteiger partial charge in [0, 0.05) is 6.07 Å². The minimum absolute atomic E-state index is 0.0595. The number of alkyl carbamates (subject to hydrolysis) is 1. The van der Waals surface area contributed by atoms with Gasteiger partial charge in [0.15, 0.2) is 11.5 Å². The van der Waals surface area contributed by atoms with E-state index in [1.54, 1.807) is 34.6 Å². The first kappa shape index (κ1) is 28.8. The number of rotatable bonds is 5. The summed E-state index contributed by atoms with van der Waals surface area (Å²) in [5.74, 6) is -2.44. The maximum absolute atomic E-state index is 14.1. The van der Waals surface area contributed by atoms with Gasteiger partial charge in [0.1, 0.15) is 36.2 Å². The van der Waals surface area contributed by atoms with Gasteiger partial charge >= 0.3 is 18.2 Å². The lowest BCUT2D eigenvalue weighted by molar-refractivity contribution is -0.152. The van der Waals surface area contributed by atoms with Crippen molar-refractivity contribution < 1.29 is 46.1 Å². The summed E-state index contributed by atoms with van der Waals surface area (Å²) >= 11 is 0. The Labute approximate surface area is 227 Å². The van der Waals surface area contributed by atoms with Crippen LogP contribution in [0.2, 0.25) is 0 Å². The third-order valence-electron chi connectivity index (χ3n) is 5.76. The summed E-state index contributed by atoms with van der Waals surface area (Å²) in [5.41, 5.74) is -2.93. The largest absolute Gasteiger partial charge is 0.486 e. The van der Waals surface area contributed by atoms with Crippen molar-refractivity contribution in [2.75, 3.05) is 13.2 Å². The van der Waals surface area contributed by atoms with Crippen LogP contribution in [0.4, 0.5) is 18.0 Å². The quantitative estimate of drug-likeness (QED) is 0.311. The van der Waals surface area contributed by atoms with Gasteiger partial charge in [0.2, 0.25) is 11.2 Å². The van der Waals surface area contributed by atoms with Gasteiger partial charge in [0.05, 0.1) is 10.9 Å². The second-order valence-electron chi connectivity index (χ2n) is 10.4. The number of hydrogen-bond acceptors (Lipinski definition) is 8. The lowest BCUT2D eigenvalue weighted by Crippen LogP contribution is -2.48. The number of fused-ring (bicyclic) bond motifs is 2. The minimum Gasteiger partial charge on any atom is -0.486 e. The molecule has 0 aliphatic carbocycles. The molecule has 0 saturated carbocycles. The van der Waals surface area contributed by atoms with Crippen LogP contribution in [0, 0.1) is 5.92 Å². The summed E-state index contributed by atoms with van der Waals surface area (Å²) < 4.78 is 68.9. The Balaban J connectivity index is 1.69. The molecule has 2 heterocycles. The number of hydrogen-bond donors (Lipinski definition) is 1. The molecule has 9 nitrogen and oxygen atoms in total. The van der Waals surface area contributed by atoms with Crippen LogP contribution in [0.1, 0.15) is 40.4 Å². The SMILES string of the molecule is CC(C)[C@H](NC(=O)OC(C)(C)C)C(=O)Oc1ccc2c(=O)c(-c3ccc4c(c3)OCCO4)c(C(F)(F)F)oc2c1. The molecule has 0 bridgehead atoms. The summed E-state index contributed by atoms with van der Waals surface area (Å²) in [7, 11) is 0. The summed E-state index contributed by atoms with van der Waals surface area (Å²) in [6.07, 6.45) is -5.86. The second kappa shape index (κ2) is 10.7. The summed E-state index contributed by atoms with van der Waals surface area (Å²) in [5, 5.41) is 2.28. The highest BCUT2D eigenvalue weighted by Crippen LogP contribution is 2.40. The number of esters is 1. The standard InChI is InChI=1S/C28H28F3NO8/c1-14(2)22(32-26(35)40-27(3,4)5)25(34)38-16-7-8-17-19(13-16)39-24(28(29,30)31)21(23(17)33)15-6-9-18-20(12-15)37-11-10-36-18/h6-9,12-14,22H,10-11H2,1-5H3,(H,32,35)/t22-/m0/s1. The highest BCUT2D eigenvalue weighted by Gasteiger charge is 2.40. The molecule has 0 unspecified atom stereocenters. The monoisotopic (exact) mass is 563 g/mol. The van der Waals surface area contributed by atoms with Crippen LogP contribution in [0.15, 0.2) is 45.6 Å². The van der Waals surface area contributed by atoms with Crippen molar-refractivity contribution in [3.63, 3.8) is 0 Å². The van der Waals surface area contributed by atoms with Crippen LogP contribution < -0.4 is 25.0 Å². The van der Waals surface area contributed by atoms with Crippen molar-refractivity contribution in [3.05, 3.63) is 52.4 Å². The van der Waals surface area contributed by atoms with Crippen molar-refractivity contribution in [1.29, 1.82) is 0 Å². The summed E-state index contributed by atoms with van der Waals surface area (Å²) in [4.78, 5) is 38.4. The zero-order chi connectivity index (χ0) is 29.4. The smallest absolute Gasteiger partial charge is 0.450 e. The molecule has 12 heteroatoms.